The zero-order valence-corrected chi connectivity index (χ0v) is 22.9. The van der Waals surface area contributed by atoms with Crippen LogP contribution in [0.4, 0.5) is 13.2 Å². The number of aromatic carboxylic acids is 1. The van der Waals surface area contributed by atoms with Gasteiger partial charge >= 0.3 is 5.97 Å². The molecule has 4 heterocycles. The number of benzene rings is 2. The number of ether oxygens (including phenoxy) is 2. The van der Waals surface area contributed by atoms with Gasteiger partial charge in [-0.2, -0.15) is 5.26 Å². The lowest BCUT2D eigenvalue weighted by Crippen LogP contribution is -2.33. The maximum Gasteiger partial charge on any atom is 0.335 e. The zero-order chi connectivity index (χ0) is 29.9. The first-order valence-corrected chi connectivity index (χ1v) is 14.0. The number of carboxylic acid groups (broad SMARTS) is 1. The highest BCUT2D eigenvalue weighted by atomic mass is 19.1. The Morgan fingerprint density at radius 1 is 1.14 bits per heavy atom. The van der Waals surface area contributed by atoms with E-state index in [0.717, 1.165) is 37.2 Å². The summed E-state index contributed by atoms with van der Waals surface area (Å²) in [4.78, 5) is 23.0. The number of imidazole rings is 1. The van der Waals surface area contributed by atoms with Gasteiger partial charge in [-0.15, -0.1) is 0 Å². The van der Waals surface area contributed by atoms with Crippen LogP contribution >= 0.6 is 0 Å². The number of halogens is 3. The van der Waals surface area contributed by atoms with Gasteiger partial charge in [-0.1, -0.05) is 0 Å². The van der Waals surface area contributed by atoms with E-state index in [4.69, 9.17) is 14.7 Å². The second kappa shape index (κ2) is 10.4. The summed E-state index contributed by atoms with van der Waals surface area (Å²) in [5.41, 5.74) is 1.08. The van der Waals surface area contributed by atoms with Crippen LogP contribution in [0.3, 0.4) is 0 Å². The average molecular weight is 590 g/mol. The maximum atomic E-state index is 14.9. The Balaban J connectivity index is 1.11. The smallest absolute Gasteiger partial charge is 0.335 e. The number of hydrogen-bond donors (Lipinski definition) is 1. The number of nitrogens with zero attached hydrogens (tertiary/aromatic N) is 5. The summed E-state index contributed by atoms with van der Waals surface area (Å²) < 4.78 is 56.9. The van der Waals surface area contributed by atoms with Crippen molar-refractivity contribution in [2.24, 2.45) is 5.92 Å². The van der Waals surface area contributed by atoms with Gasteiger partial charge < -0.3 is 19.1 Å². The molecule has 2 aromatic heterocycles. The highest BCUT2D eigenvalue weighted by Crippen LogP contribution is 2.58. The van der Waals surface area contributed by atoms with Crippen molar-refractivity contribution in [1.82, 2.24) is 19.4 Å². The molecule has 2 aliphatic heterocycles. The molecule has 3 fully saturated rings. The molecule has 1 saturated carbocycles. The first-order chi connectivity index (χ1) is 20.7. The van der Waals surface area contributed by atoms with Gasteiger partial charge in [0.1, 0.15) is 29.5 Å². The summed E-state index contributed by atoms with van der Waals surface area (Å²) in [5, 5.41) is 18.4. The number of fused-ring (bicyclic) bond motifs is 2. The predicted molar refractivity (Wildman–Crippen MR) is 146 cm³/mol. The van der Waals surface area contributed by atoms with Crippen molar-refractivity contribution in [3.8, 4) is 11.8 Å². The average Bonchev–Trinajstić information content (AvgIpc) is 3.35. The first-order valence-electron chi connectivity index (χ1n) is 14.0. The summed E-state index contributed by atoms with van der Waals surface area (Å²) in [6.07, 6.45) is 1.69. The molecule has 0 unspecified atom stereocenters. The third-order valence-electron chi connectivity index (χ3n) is 8.75. The molecule has 1 aliphatic carbocycles. The summed E-state index contributed by atoms with van der Waals surface area (Å²) >= 11 is 0. The van der Waals surface area contributed by atoms with Gasteiger partial charge in [0.15, 0.2) is 17.4 Å². The SMILES string of the molecule is N#Cc1ccc(OCc2nc([C@@]34C[C@@H]3CN(Cc3nc5c(F)cc(C(=O)O)cc5n3C[C@@H]3CCO3)C4)ccc2F)c(F)c1. The Labute approximate surface area is 244 Å². The van der Waals surface area contributed by atoms with E-state index in [1.165, 1.54) is 24.3 Å². The minimum absolute atomic E-state index is 0.0483. The molecule has 0 radical (unpaired) electrons. The van der Waals surface area contributed by atoms with E-state index >= 15 is 0 Å². The van der Waals surface area contributed by atoms with Crippen molar-refractivity contribution in [3.63, 3.8) is 0 Å². The number of pyridine rings is 1. The summed E-state index contributed by atoms with van der Waals surface area (Å²) in [6.45, 7) is 2.61. The van der Waals surface area contributed by atoms with Crippen LogP contribution in [0.5, 0.6) is 5.75 Å². The summed E-state index contributed by atoms with van der Waals surface area (Å²) in [6, 6.07) is 11.1. The van der Waals surface area contributed by atoms with Crippen LogP contribution in [0, 0.1) is 34.7 Å². The fourth-order valence-electron chi connectivity index (χ4n) is 6.31. The van der Waals surface area contributed by atoms with E-state index in [-0.39, 0.29) is 46.2 Å². The van der Waals surface area contributed by atoms with E-state index < -0.39 is 23.4 Å². The quantitative estimate of drug-likeness (QED) is 0.302. The van der Waals surface area contributed by atoms with Crippen LogP contribution in [0.25, 0.3) is 11.0 Å². The molecule has 43 heavy (non-hydrogen) atoms. The molecule has 2 saturated heterocycles. The number of carbonyl (C=O) groups is 1. The zero-order valence-electron chi connectivity index (χ0n) is 22.9. The standard InChI is InChI=1S/C31H26F3N5O4/c32-21-2-4-27(36-24(21)15-43-26-3-1-17(11-35)7-22(26)33)31-10-19(31)12-38(16-31)14-28-37-29-23(34)8-18(30(40)41)9-25(29)39(28)13-20-5-6-42-20/h1-4,7-9,19-20H,5-6,10,12-16H2,(H,40,41)/t19-,20+,31-/m1/s1. The Morgan fingerprint density at radius 2 is 1.98 bits per heavy atom. The predicted octanol–water partition coefficient (Wildman–Crippen LogP) is 4.56. The molecular weight excluding hydrogens is 563 g/mol. The van der Waals surface area contributed by atoms with Crippen LogP contribution < -0.4 is 4.74 Å². The second-order valence-corrected chi connectivity index (χ2v) is 11.4. The molecule has 3 atom stereocenters. The number of likely N-dealkylation sites (tertiary alicyclic amines) is 1. The van der Waals surface area contributed by atoms with Gasteiger partial charge in [0.2, 0.25) is 0 Å². The van der Waals surface area contributed by atoms with E-state index in [9.17, 15) is 23.1 Å². The van der Waals surface area contributed by atoms with Gasteiger partial charge in [0.25, 0.3) is 0 Å². The fourth-order valence-corrected chi connectivity index (χ4v) is 6.31. The van der Waals surface area contributed by atoms with E-state index in [1.807, 2.05) is 10.6 Å². The van der Waals surface area contributed by atoms with Crippen LogP contribution in [-0.2, 0) is 29.8 Å². The highest BCUT2D eigenvalue weighted by Gasteiger charge is 2.61. The summed E-state index contributed by atoms with van der Waals surface area (Å²) in [5.74, 6) is -2.35. The minimum atomic E-state index is -1.21. The Hall–Kier alpha value is -4.47. The Morgan fingerprint density at radius 3 is 2.70 bits per heavy atom. The van der Waals surface area contributed by atoms with Crippen molar-refractivity contribution in [2.75, 3.05) is 19.7 Å². The Kier molecular flexibility index (Phi) is 6.59. The van der Waals surface area contributed by atoms with Gasteiger partial charge in [-0.25, -0.2) is 22.9 Å². The molecule has 2 aromatic carbocycles. The number of rotatable bonds is 9. The number of hydrogen-bond acceptors (Lipinski definition) is 7. The molecule has 1 N–H and O–H groups in total. The lowest BCUT2D eigenvalue weighted by Gasteiger charge is -2.28. The van der Waals surface area contributed by atoms with Crippen molar-refractivity contribution in [1.29, 1.82) is 5.26 Å². The maximum absolute atomic E-state index is 14.9. The van der Waals surface area contributed by atoms with Gasteiger partial charge in [-0.05, 0) is 61.2 Å². The topological polar surface area (TPSA) is 114 Å². The minimum Gasteiger partial charge on any atom is -0.484 e. The van der Waals surface area contributed by atoms with Crippen LogP contribution in [-0.4, -0.2) is 56.3 Å². The van der Waals surface area contributed by atoms with E-state index in [1.54, 1.807) is 6.07 Å². The molecule has 0 bridgehead atoms. The molecule has 12 heteroatoms. The molecule has 0 spiro atoms. The molecule has 220 valence electrons. The van der Waals surface area contributed by atoms with Crippen LogP contribution in [0.2, 0.25) is 0 Å². The van der Waals surface area contributed by atoms with Crippen molar-refractivity contribution >= 4 is 17.0 Å². The Bertz CT molecular complexity index is 1820. The van der Waals surface area contributed by atoms with Crippen molar-refractivity contribution < 1.29 is 32.5 Å². The number of nitriles is 1. The number of piperidine rings is 1. The largest absolute Gasteiger partial charge is 0.484 e. The first kappa shape index (κ1) is 27.4. The van der Waals surface area contributed by atoms with Crippen molar-refractivity contribution in [3.05, 3.63) is 88.3 Å². The number of carboxylic acids is 1. The molecule has 7 rings (SSSR count). The monoisotopic (exact) mass is 589 g/mol. The molecule has 3 aliphatic rings. The van der Waals surface area contributed by atoms with Crippen molar-refractivity contribution in [2.45, 2.75) is 44.1 Å². The fraction of sp³-hybridized carbons (Fsp3) is 0.355. The highest BCUT2D eigenvalue weighted by molar-refractivity contribution is 5.92. The van der Waals surface area contributed by atoms with E-state index in [0.29, 0.717) is 43.5 Å². The van der Waals surface area contributed by atoms with Gasteiger partial charge in [0.05, 0.1) is 41.9 Å². The number of aromatic nitrogens is 3. The van der Waals surface area contributed by atoms with Crippen LogP contribution in [0.1, 0.15) is 46.0 Å². The van der Waals surface area contributed by atoms with Gasteiger partial charge in [0, 0.05) is 30.8 Å². The molecule has 9 nitrogen and oxygen atoms in total. The normalized spacial score (nSPS) is 22.7. The second-order valence-electron chi connectivity index (χ2n) is 11.4. The molecule has 4 aromatic rings. The van der Waals surface area contributed by atoms with Crippen LogP contribution in [0.15, 0.2) is 42.5 Å². The molecule has 0 amide bonds. The van der Waals surface area contributed by atoms with Gasteiger partial charge in [-0.3, -0.25) is 9.88 Å². The lowest BCUT2D eigenvalue weighted by atomic mass is 10.0. The van der Waals surface area contributed by atoms with E-state index in [2.05, 4.69) is 14.9 Å². The third kappa shape index (κ3) is 4.88. The molecular formula is C31H26F3N5O4. The summed E-state index contributed by atoms with van der Waals surface area (Å²) in [7, 11) is 0. The third-order valence-corrected chi connectivity index (χ3v) is 8.75. The lowest BCUT2D eigenvalue weighted by molar-refractivity contribution is -0.0591.